The molecule has 2 nitrogen and oxygen atoms in total. The second kappa shape index (κ2) is 7.05. The van der Waals surface area contributed by atoms with Crippen molar-refractivity contribution in [2.24, 2.45) is 0 Å². The monoisotopic (exact) mass is 322 g/mol. The van der Waals surface area contributed by atoms with E-state index in [-0.39, 0.29) is 5.82 Å². The van der Waals surface area contributed by atoms with Crippen molar-refractivity contribution in [2.45, 2.75) is 11.8 Å². The van der Waals surface area contributed by atoms with Crippen molar-refractivity contribution in [2.75, 3.05) is 7.05 Å². The maximum Gasteiger partial charge on any atom is 0.136 e. The summed E-state index contributed by atoms with van der Waals surface area (Å²) in [5.41, 5.74) is 1.29. The van der Waals surface area contributed by atoms with Gasteiger partial charge in [0, 0.05) is 19.0 Å². The maximum atomic E-state index is 13.2. The molecular weight excluding hydrogens is 307 g/mol. The molecule has 1 unspecified atom stereocenters. The van der Waals surface area contributed by atoms with Crippen molar-refractivity contribution < 1.29 is 4.39 Å². The number of terminal acetylenes is 1. The fraction of sp³-hybridized carbons (Fsp3) is 0.158. The zero-order chi connectivity index (χ0) is 16.9. The van der Waals surface area contributed by atoms with Crippen molar-refractivity contribution in [1.29, 1.82) is 5.26 Å². The van der Waals surface area contributed by atoms with Crippen molar-refractivity contribution >= 4 is 17.2 Å². The van der Waals surface area contributed by atoms with Crippen LogP contribution >= 0.6 is 12.2 Å². The van der Waals surface area contributed by atoms with Gasteiger partial charge in [-0.2, -0.15) is 5.26 Å². The molecule has 1 atom stereocenters. The molecule has 0 fully saturated rings. The number of nitrogens with one attached hydrogen (secondary N) is 1. The number of thiocarbonyl (C=S) groups is 1. The van der Waals surface area contributed by atoms with Gasteiger partial charge in [0.05, 0.1) is 6.07 Å². The van der Waals surface area contributed by atoms with E-state index in [2.05, 4.69) is 17.3 Å². The van der Waals surface area contributed by atoms with Gasteiger partial charge >= 0.3 is 0 Å². The zero-order valence-electron chi connectivity index (χ0n) is 12.6. The Balaban J connectivity index is 2.49. The Kier molecular flexibility index (Phi) is 5.11. The van der Waals surface area contributed by atoms with Crippen LogP contribution in [-0.2, 0) is 11.8 Å². The third-order valence-corrected chi connectivity index (χ3v) is 4.29. The normalized spacial score (nSPS) is 12.5. The molecule has 0 aliphatic rings. The van der Waals surface area contributed by atoms with Gasteiger partial charge in [-0.15, -0.1) is 6.42 Å². The quantitative estimate of drug-likeness (QED) is 0.692. The number of nitriles is 1. The fourth-order valence-electron chi connectivity index (χ4n) is 2.44. The van der Waals surface area contributed by atoms with Crippen LogP contribution in [0, 0.1) is 29.5 Å². The molecule has 0 bridgehead atoms. The van der Waals surface area contributed by atoms with Crippen LogP contribution in [0.3, 0.4) is 0 Å². The summed E-state index contributed by atoms with van der Waals surface area (Å²) in [7, 11) is 1.68. The minimum absolute atomic E-state index is 0.352. The summed E-state index contributed by atoms with van der Waals surface area (Å²) in [6.45, 7) is 0. The Morgan fingerprint density at radius 1 is 1.22 bits per heavy atom. The Hall–Kier alpha value is -2.69. The van der Waals surface area contributed by atoms with Crippen LogP contribution in [0.25, 0.3) is 0 Å². The first-order valence-corrected chi connectivity index (χ1v) is 7.41. The van der Waals surface area contributed by atoms with E-state index >= 15 is 0 Å². The highest BCUT2D eigenvalue weighted by Crippen LogP contribution is 2.30. The molecule has 0 heterocycles. The number of nitrogens with zero attached hydrogens (tertiary/aromatic N) is 1. The van der Waals surface area contributed by atoms with Crippen LogP contribution in [0.15, 0.2) is 48.5 Å². The van der Waals surface area contributed by atoms with Gasteiger partial charge in [0.25, 0.3) is 0 Å². The highest BCUT2D eigenvalue weighted by molar-refractivity contribution is 7.80. The van der Waals surface area contributed by atoms with E-state index < -0.39 is 5.41 Å². The standard InChI is InChI=1S/C19H15FN2S/c1-3-14-4-6-15(7-5-14)12-19(13-21,18(23)22-2)16-8-10-17(20)11-9-16/h1,4-11H,12H2,2H3,(H,22,23). The van der Waals surface area contributed by atoms with Gasteiger partial charge in [0.2, 0.25) is 0 Å². The smallest absolute Gasteiger partial charge is 0.136 e. The van der Waals surface area contributed by atoms with Crippen molar-refractivity contribution in [3.63, 3.8) is 0 Å². The predicted molar refractivity (Wildman–Crippen MR) is 93.4 cm³/mol. The van der Waals surface area contributed by atoms with Gasteiger partial charge in [-0.1, -0.05) is 42.4 Å². The van der Waals surface area contributed by atoms with Crippen LogP contribution in [0.5, 0.6) is 0 Å². The molecule has 2 rings (SSSR count). The second-order valence-corrected chi connectivity index (χ2v) is 5.53. The van der Waals surface area contributed by atoms with Gasteiger partial charge in [-0.05, 0) is 35.4 Å². The lowest BCUT2D eigenvalue weighted by Gasteiger charge is -2.28. The molecule has 0 saturated carbocycles. The molecule has 114 valence electrons. The fourth-order valence-corrected chi connectivity index (χ4v) is 2.68. The molecule has 0 spiro atoms. The summed E-state index contributed by atoms with van der Waals surface area (Å²) >= 11 is 5.39. The second-order valence-electron chi connectivity index (χ2n) is 5.12. The summed E-state index contributed by atoms with van der Waals surface area (Å²) in [5, 5.41) is 12.8. The minimum Gasteiger partial charge on any atom is -0.381 e. The van der Waals surface area contributed by atoms with E-state index in [9.17, 15) is 9.65 Å². The first-order valence-electron chi connectivity index (χ1n) is 7.01. The summed E-state index contributed by atoms with van der Waals surface area (Å²) in [6.07, 6.45) is 5.73. The zero-order valence-corrected chi connectivity index (χ0v) is 13.5. The van der Waals surface area contributed by atoms with Gasteiger partial charge in [-0.25, -0.2) is 4.39 Å². The van der Waals surface area contributed by atoms with Crippen LogP contribution in [0.4, 0.5) is 4.39 Å². The van der Waals surface area contributed by atoms with E-state index in [4.69, 9.17) is 18.6 Å². The lowest BCUT2D eigenvalue weighted by molar-refractivity contribution is 0.624. The average Bonchev–Trinajstić information content (AvgIpc) is 2.60. The molecule has 2 aromatic rings. The van der Waals surface area contributed by atoms with E-state index in [1.165, 1.54) is 12.1 Å². The number of benzene rings is 2. The van der Waals surface area contributed by atoms with E-state index in [1.807, 2.05) is 24.3 Å². The number of hydrogen-bond donors (Lipinski definition) is 1. The summed E-state index contributed by atoms with van der Waals surface area (Å²) in [5.74, 6) is 2.21. The average molecular weight is 322 g/mol. The molecule has 0 aliphatic heterocycles. The van der Waals surface area contributed by atoms with Crippen LogP contribution in [0.2, 0.25) is 0 Å². The number of rotatable bonds is 4. The Morgan fingerprint density at radius 3 is 2.30 bits per heavy atom. The lowest BCUT2D eigenvalue weighted by atomic mass is 9.76. The van der Waals surface area contributed by atoms with Crippen LogP contribution in [-0.4, -0.2) is 12.0 Å². The molecule has 0 aliphatic carbocycles. The van der Waals surface area contributed by atoms with E-state index in [0.717, 1.165) is 11.1 Å². The van der Waals surface area contributed by atoms with Crippen LogP contribution in [0.1, 0.15) is 16.7 Å². The van der Waals surface area contributed by atoms with Crippen molar-refractivity contribution in [1.82, 2.24) is 5.32 Å². The SMILES string of the molecule is C#Cc1ccc(CC(C#N)(C(=S)NC)c2ccc(F)cc2)cc1. The summed E-state index contributed by atoms with van der Waals surface area (Å²) < 4.78 is 13.2. The lowest BCUT2D eigenvalue weighted by Crippen LogP contribution is -2.42. The Labute approximate surface area is 141 Å². The first-order chi connectivity index (χ1) is 11.1. The molecule has 0 amide bonds. The first kappa shape index (κ1) is 16.7. The van der Waals surface area contributed by atoms with Gasteiger partial charge in [-0.3, -0.25) is 0 Å². The molecule has 1 N–H and O–H groups in total. The van der Waals surface area contributed by atoms with Crippen molar-refractivity contribution in [3.05, 3.63) is 71.0 Å². The molecular formula is C19H15FN2S. The van der Waals surface area contributed by atoms with Crippen molar-refractivity contribution in [3.8, 4) is 18.4 Å². The van der Waals surface area contributed by atoms with Crippen LogP contribution < -0.4 is 5.32 Å². The third-order valence-electron chi connectivity index (χ3n) is 3.73. The molecule has 23 heavy (non-hydrogen) atoms. The van der Waals surface area contributed by atoms with E-state index in [1.54, 1.807) is 19.2 Å². The molecule has 4 heteroatoms. The largest absolute Gasteiger partial charge is 0.381 e. The summed E-state index contributed by atoms with van der Waals surface area (Å²) in [6, 6.07) is 15.6. The molecule has 0 saturated heterocycles. The predicted octanol–water partition coefficient (Wildman–Crippen LogP) is 3.36. The number of halogens is 1. The Morgan fingerprint density at radius 2 is 1.83 bits per heavy atom. The summed E-state index contributed by atoms with van der Waals surface area (Å²) in [4.78, 5) is 0.396. The topological polar surface area (TPSA) is 35.8 Å². The highest BCUT2D eigenvalue weighted by atomic mass is 32.1. The third kappa shape index (κ3) is 3.39. The Bertz CT molecular complexity index is 782. The van der Waals surface area contributed by atoms with E-state index in [0.29, 0.717) is 17.0 Å². The van der Waals surface area contributed by atoms with Gasteiger partial charge < -0.3 is 5.32 Å². The van der Waals surface area contributed by atoms with Gasteiger partial charge in [0.15, 0.2) is 0 Å². The number of hydrogen-bond acceptors (Lipinski definition) is 2. The minimum atomic E-state index is -1.06. The van der Waals surface area contributed by atoms with Gasteiger partial charge in [0.1, 0.15) is 16.2 Å². The molecule has 2 aromatic carbocycles. The highest BCUT2D eigenvalue weighted by Gasteiger charge is 2.37. The number of likely N-dealkylation sites (N-methyl/N-ethyl adjacent to an activating group) is 1. The molecule has 0 aromatic heterocycles. The maximum absolute atomic E-state index is 13.2. The molecule has 0 radical (unpaired) electrons.